The standard InChI is InChI=1S/C12H9Cl3N4O/c1-2-7-3-6(4-8(13)18-7)12(20)19-11-9(14)10(15)16-5-17-11/h3-5H,2H2,1H3,(H,16,17,19,20). The van der Waals surface area contributed by atoms with Crippen molar-refractivity contribution in [2.45, 2.75) is 13.3 Å². The number of carbonyl (C=O) groups is 1. The van der Waals surface area contributed by atoms with Gasteiger partial charge in [0, 0.05) is 11.3 Å². The highest BCUT2D eigenvalue weighted by atomic mass is 35.5. The minimum absolute atomic E-state index is 0.0685. The van der Waals surface area contributed by atoms with Crippen LogP contribution in [-0.4, -0.2) is 20.9 Å². The van der Waals surface area contributed by atoms with Gasteiger partial charge < -0.3 is 5.32 Å². The molecule has 8 heteroatoms. The van der Waals surface area contributed by atoms with Crippen molar-refractivity contribution >= 4 is 46.5 Å². The van der Waals surface area contributed by atoms with E-state index in [1.807, 2.05) is 6.92 Å². The molecule has 0 saturated heterocycles. The third kappa shape index (κ3) is 3.36. The first-order chi connectivity index (χ1) is 9.51. The average molecular weight is 332 g/mol. The lowest BCUT2D eigenvalue weighted by molar-refractivity contribution is 0.102. The van der Waals surface area contributed by atoms with E-state index in [0.717, 1.165) is 5.69 Å². The van der Waals surface area contributed by atoms with E-state index >= 15 is 0 Å². The molecule has 0 aliphatic carbocycles. The summed E-state index contributed by atoms with van der Waals surface area (Å²) in [5, 5.41) is 2.95. The molecule has 20 heavy (non-hydrogen) atoms. The van der Waals surface area contributed by atoms with Crippen molar-refractivity contribution in [2.24, 2.45) is 0 Å². The highest BCUT2D eigenvalue weighted by Gasteiger charge is 2.13. The Balaban J connectivity index is 2.28. The van der Waals surface area contributed by atoms with Gasteiger partial charge in [-0.15, -0.1) is 0 Å². The predicted octanol–water partition coefficient (Wildman–Crippen LogP) is 3.65. The summed E-state index contributed by atoms with van der Waals surface area (Å²) in [4.78, 5) is 23.8. The van der Waals surface area contributed by atoms with Gasteiger partial charge in [0.1, 0.15) is 16.5 Å². The molecule has 0 atom stereocenters. The molecular formula is C12H9Cl3N4O. The highest BCUT2D eigenvalue weighted by Crippen LogP contribution is 2.25. The lowest BCUT2D eigenvalue weighted by atomic mass is 10.2. The second kappa shape index (κ2) is 6.35. The first-order valence-corrected chi connectivity index (χ1v) is 6.78. The van der Waals surface area contributed by atoms with Crippen molar-refractivity contribution < 1.29 is 4.79 Å². The van der Waals surface area contributed by atoms with Gasteiger partial charge in [0.05, 0.1) is 0 Å². The van der Waals surface area contributed by atoms with Gasteiger partial charge in [-0.2, -0.15) is 0 Å². The largest absolute Gasteiger partial charge is 0.305 e. The number of anilines is 1. The van der Waals surface area contributed by atoms with E-state index in [1.165, 1.54) is 12.4 Å². The number of carbonyl (C=O) groups excluding carboxylic acids is 1. The molecule has 2 aromatic heterocycles. The lowest BCUT2D eigenvalue weighted by Gasteiger charge is -2.07. The molecule has 0 radical (unpaired) electrons. The third-order valence-electron chi connectivity index (χ3n) is 2.45. The maximum atomic E-state index is 12.1. The molecule has 2 rings (SSSR count). The van der Waals surface area contributed by atoms with Crippen molar-refractivity contribution in [3.8, 4) is 0 Å². The van der Waals surface area contributed by atoms with Crippen molar-refractivity contribution in [1.29, 1.82) is 0 Å². The molecule has 1 amide bonds. The number of rotatable bonds is 3. The molecule has 0 aliphatic rings. The first kappa shape index (κ1) is 15.0. The van der Waals surface area contributed by atoms with Crippen LogP contribution in [0, 0.1) is 0 Å². The molecule has 104 valence electrons. The molecule has 0 unspecified atom stereocenters. The summed E-state index contributed by atoms with van der Waals surface area (Å²) < 4.78 is 0. The van der Waals surface area contributed by atoms with Gasteiger partial charge in [-0.3, -0.25) is 4.79 Å². The van der Waals surface area contributed by atoms with Gasteiger partial charge in [-0.1, -0.05) is 41.7 Å². The monoisotopic (exact) mass is 330 g/mol. The van der Waals surface area contributed by atoms with Crippen LogP contribution >= 0.6 is 34.8 Å². The highest BCUT2D eigenvalue weighted by molar-refractivity contribution is 6.43. The number of aromatic nitrogens is 3. The molecule has 2 aromatic rings. The molecule has 0 fully saturated rings. The minimum Gasteiger partial charge on any atom is -0.305 e. The summed E-state index contributed by atoms with van der Waals surface area (Å²) >= 11 is 17.5. The fourth-order valence-corrected chi connectivity index (χ4v) is 1.98. The molecule has 0 aliphatic heterocycles. The second-order valence-electron chi connectivity index (χ2n) is 3.80. The first-order valence-electron chi connectivity index (χ1n) is 5.65. The Bertz CT molecular complexity index is 663. The van der Waals surface area contributed by atoms with Crippen molar-refractivity contribution in [1.82, 2.24) is 15.0 Å². The SMILES string of the molecule is CCc1cc(C(=O)Nc2ncnc(Cl)c2Cl)cc(Cl)n1. The van der Waals surface area contributed by atoms with Crippen LogP contribution in [0.1, 0.15) is 23.0 Å². The third-order valence-corrected chi connectivity index (χ3v) is 3.39. The van der Waals surface area contributed by atoms with Gasteiger partial charge in [-0.25, -0.2) is 15.0 Å². The number of hydrogen-bond donors (Lipinski definition) is 1. The smallest absolute Gasteiger partial charge is 0.257 e. The van der Waals surface area contributed by atoms with Crippen LogP contribution in [-0.2, 0) is 6.42 Å². The van der Waals surface area contributed by atoms with Crippen molar-refractivity contribution in [3.05, 3.63) is 45.0 Å². The van der Waals surface area contributed by atoms with E-state index in [2.05, 4.69) is 20.3 Å². The lowest BCUT2D eigenvalue weighted by Crippen LogP contribution is -2.14. The predicted molar refractivity (Wildman–Crippen MR) is 78.6 cm³/mol. The molecule has 0 spiro atoms. The maximum absolute atomic E-state index is 12.1. The number of pyridine rings is 1. The topological polar surface area (TPSA) is 67.8 Å². The van der Waals surface area contributed by atoms with E-state index < -0.39 is 5.91 Å². The Morgan fingerprint density at radius 3 is 2.70 bits per heavy atom. The maximum Gasteiger partial charge on any atom is 0.257 e. The van der Waals surface area contributed by atoms with Crippen LogP contribution in [0.5, 0.6) is 0 Å². The van der Waals surface area contributed by atoms with Crippen LogP contribution < -0.4 is 5.32 Å². The summed E-state index contributed by atoms with van der Waals surface area (Å²) in [7, 11) is 0. The van der Waals surface area contributed by atoms with Gasteiger partial charge in [0.25, 0.3) is 5.91 Å². The number of hydrogen-bond acceptors (Lipinski definition) is 4. The van der Waals surface area contributed by atoms with Gasteiger partial charge in [-0.05, 0) is 18.6 Å². The zero-order valence-electron chi connectivity index (χ0n) is 10.3. The van der Waals surface area contributed by atoms with Crippen LogP contribution in [0.4, 0.5) is 5.82 Å². The van der Waals surface area contributed by atoms with Gasteiger partial charge in [0.15, 0.2) is 11.0 Å². The minimum atomic E-state index is -0.402. The summed E-state index contributed by atoms with van der Waals surface area (Å²) in [5.74, 6) is -0.261. The summed E-state index contributed by atoms with van der Waals surface area (Å²) in [6, 6.07) is 3.12. The Hall–Kier alpha value is -1.43. The molecule has 2 heterocycles. The Morgan fingerprint density at radius 2 is 2.00 bits per heavy atom. The summed E-state index contributed by atoms with van der Waals surface area (Å²) in [5.41, 5.74) is 1.09. The van der Waals surface area contributed by atoms with Crippen LogP contribution in [0.15, 0.2) is 18.5 Å². The Labute approximate surface area is 130 Å². The van der Waals surface area contributed by atoms with E-state index in [1.54, 1.807) is 6.07 Å². The van der Waals surface area contributed by atoms with Gasteiger partial charge >= 0.3 is 0 Å². The fraction of sp³-hybridized carbons (Fsp3) is 0.167. The van der Waals surface area contributed by atoms with E-state index in [4.69, 9.17) is 34.8 Å². The summed E-state index contributed by atoms with van der Waals surface area (Å²) in [6.07, 6.45) is 1.88. The van der Waals surface area contributed by atoms with E-state index in [-0.39, 0.29) is 21.1 Å². The normalized spacial score (nSPS) is 10.4. The molecule has 1 N–H and O–H groups in total. The molecule has 0 saturated carbocycles. The zero-order valence-corrected chi connectivity index (χ0v) is 12.6. The second-order valence-corrected chi connectivity index (χ2v) is 4.93. The number of aryl methyl sites for hydroxylation is 1. The fourth-order valence-electron chi connectivity index (χ4n) is 1.48. The van der Waals surface area contributed by atoms with Crippen LogP contribution in [0.25, 0.3) is 0 Å². The number of amides is 1. The molecule has 0 bridgehead atoms. The average Bonchev–Trinajstić information content (AvgIpc) is 2.43. The molecule has 5 nitrogen and oxygen atoms in total. The van der Waals surface area contributed by atoms with Gasteiger partial charge in [0.2, 0.25) is 0 Å². The molecule has 0 aromatic carbocycles. The van der Waals surface area contributed by atoms with Crippen LogP contribution in [0.3, 0.4) is 0 Å². The number of nitrogens with zero attached hydrogens (tertiary/aromatic N) is 3. The number of halogens is 3. The quantitative estimate of drug-likeness (QED) is 0.688. The zero-order chi connectivity index (χ0) is 14.7. The Kier molecular flexibility index (Phi) is 4.75. The van der Waals surface area contributed by atoms with E-state index in [0.29, 0.717) is 12.0 Å². The van der Waals surface area contributed by atoms with E-state index in [9.17, 15) is 4.79 Å². The molecular weight excluding hydrogens is 323 g/mol. The Morgan fingerprint density at radius 1 is 1.25 bits per heavy atom. The summed E-state index contributed by atoms with van der Waals surface area (Å²) in [6.45, 7) is 1.92. The number of nitrogens with one attached hydrogen (secondary N) is 1. The van der Waals surface area contributed by atoms with Crippen molar-refractivity contribution in [2.75, 3.05) is 5.32 Å². The van der Waals surface area contributed by atoms with Crippen molar-refractivity contribution in [3.63, 3.8) is 0 Å². The van der Waals surface area contributed by atoms with Crippen LogP contribution in [0.2, 0.25) is 15.3 Å².